The Morgan fingerprint density at radius 1 is 1.19 bits per heavy atom. The number of rotatable bonds is 5. The lowest BCUT2D eigenvalue weighted by molar-refractivity contribution is -0.156. The zero-order chi connectivity index (χ0) is 15.6. The molecule has 4 heteroatoms. The van der Waals surface area contributed by atoms with Crippen LogP contribution in [0.5, 0.6) is 0 Å². The largest absolute Gasteiger partial charge is 0.340 e. The molecule has 2 aliphatic rings. The molecule has 1 saturated heterocycles. The lowest BCUT2D eigenvalue weighted by atomic mass is 9.86. The summed E-state index contributed by atoms with van der Waals surface area (Å²) < 4.78 is 0. The molecule has 1 aliphatic heterocycles. The number of nitrogens with zero attached hydrogens (tertiary/aromatic N) is 1. The van der Waals surface area contributed by atoms with Gasteiger partial charge < -0.3 is 10.2 Å². The molecule has 2 amide bonds. The standard InChI is InChI=1S/C17H30N2O2/c1-5-14-15(20)18-17(6-2,7-3)16(21)19(14)11-13-9-8-12(4)10-13/h12-14H,5-11H2,1-4H3,(H,18,20). The monoisotopic (exact) mass is 294 g/mol. The van der Waals surface area contributed by atoms with Gasteiger partial charge in [0.15, 0.2) is 0 Å². The van der Waals surface area contributed by atoms with E-state index in [-0.39, 0.29) is 17.9 Å². The molecule has 0 bridgehead atoms. The van der Waals surface area contributed by atoms with Gasteiger partial charge in [0.1, 0.15) is 11.6 Å². The normalized spacial score (nSPS) is 32.4. The van der Waals surface area contributed by atoms with E-state index in [9.17, 15) is 9.59 Å². The Labute approximate surface area is 128 Å². The highest BCUT2D eigenvalue weighted by molar-refractivity contribution is 5.99. The lowest BCUT2D eigenvalue weighted by Gasteiger charge is -2.46. The molecule has 2 fully saturated rings. The Hall–Kier alpha value is -1.06. The minimum Gasteiger partial charge on any atom is -0.340 e. The molecule has 0 spiro atoms. The minimum absolute atomic E-state index is 0.0341. The van der Waals surface area contributed by atoms with Crippen molar-refractivity contribution in [1.29, 1.82) is 0 Å². The number of amides is 2. The van der Waals surface area contributed by atoms with E-state index < -0.39 is 5.54 Å². The number of piperazine rings is 1. The molecule has 21 heavy (non-hydrogen) atoms. The Morgan fingerprint density at radius 3 is 2.33 bits per heavy atom. The van der Waals surface area contributed by atoms with Gasteiger partial charge >= 0.3 is 0 Å². The van der Waals surface area contributed by atoms with E-state index in [1.165, 1.54) is 19.3 Å². The predicted molar refractivity (Wildman–Crippen MR) is 83.8 cm³/mol. The first kappa shape index (κ1) is 16.3. The first-order valence-electron chi connectivity index (χ1n) is 8.60. The molecule has 1 N–H and O–H groups in total. The predicted octanol–water partition coefficient (Wildman–Crippen LogP) is 2.72. The van der Waals surface area contributed by atoms with Crippen LogP contribution in [0.4, 0.5) is 0 Å². The van der Waals surface area contributed by atoms with Crippen molar-refractivity contribution in [2.45, 2.75) is 77.8 Å². The Kier molecular flexibility index (Phi) is 4.95. The number of hydrogen-bond acceptors (Lipinski definition) is 2. The van der Waals surface area contributed by atoms with Gasteiger partial charge in [0, 0.05) is 6.54 Å². The molecule has 1 saturated carbocycles. The highest BCUT2D eigenvalue weighted by Crippen LogP contribution is 2.34. The van der Waals surface area contributed by atoms with Crippen molar-refractivity contribution in [2.75, 3.05) is 6.54 Å². The highest BCUT2D eigenvalue weighted by atomic mass is 16.2. The van der Waals surface area contributed by atoms with Crippen molar-refractivity contribution in [3.8, 4) is 0 Å². The zero-order valence-electron chi connectivity index (χ0n) is 13.9. The molecule has 1 heterocycles. The SMILES string of the molecule is CCC1C(=O)NC(CC)(CC)C(=O)N1CC1CCC(C)C1. The molecule has 3 atom stereocenters. The second kappa shape index (κ2) is 6.37. The molecule has 0 aromatic heterocycles. The molecular formula is C17H30N2O2. The summed E-state index contributed by atoms with van der Waals surface area (Å²) >= 11 is 0. The summed E-state index contributed by atoms with van der Waals surface area (Å²) in [5.74, 6) is 1.49. The zero-order valence-corrected chi connectivity index (χ0v) is 13.9. The summed E-state index contributed by atoms with van der Waals surface area (Å²) in [5.41, 5.74) is -0.674. The van der Waals surface area contributed by atoms with Crippen LogP contribution in [0.1, 0.15) is 66.2 Å². The van der Waals surface area contributed by atoms with Gasteiger partial charge in [0.2, 0.25) is 11.8 Å². The molecule has 0 aromatic carbocycles. The number of carbonyl (C=O) groups is 2. The quantitative estimate of drug-likeness (QED) is 0.847. The maximum atomic E-state index is 13.0. The number of carbonyl (C=O) groups excluding carboxylic acids is 2. The van der Waals surface area contributed by atoms with Crippen LogP contribution in [0.25, 0.3) is 0 Å². The van der Waals surface area contributed by atoms with Crippen LogP contribution in [0.2, 0.25) is 0 Å². The van der Waals surface area contributed by atoms with Crippen LogP contribution in [0, 0.1) is 11.8 Å². The van der Waals surface area contributed by atoms with Gasteiger partial charge in [-0.1, -0.05) is 34.1 Å². The van der Waals surface area contributed by atoms with Gasteiger partial charge in [-0.05, 0) is 43.9 Å². The fraction of sp³-hybridized carbons (Fsp3) is 0.882. The first-order chi connectivity index (χ1) is 9.97. The molecule has 0 radical (unpaired) electrons. The van der Waals surface area contributed by atoms with Crippen molar-refractivity contribution in [3.05, 3.63) is 0 Å². The maximum Gasteiger partial charge on any atom is 0.248 e. The second-order valence-electron chi connectivity index (χ2n) is 6.94. The van der Waals surface area contributed by atoms with Gasteiger partial charge in [-0.25, -0.2) is 0 Å². The van der Waals surface area contributed by atoms with Crippen LogP contribution in [0.15, 0.2) is 0 Å². The van der Waals surface area contributed by atoms with E-state index in [1.807, 2.05) is 25.7 Å². The minimum atomic E-state index is -0.674. The van der Waals surface area contributed by atoms with Crippen LogP contribution < -0.4 is 5.32 Å². The van der Waals surface area contributed by atoms with Crippen molar-refractivity contribution in [3.63, 3.8) is 0 Å². The van der Waals surface area contributed by atoms with Gasteiger partial charge in [-0.15, -0.1) is 0 Å². The Bertz CT molecular complexity index is 404. The summed E-state index contributed by atoms with van der Waals surface area (Å²) in [6, 6.07) is -0.278. The van der Waals surface area contributed by atoms with Crippen LogP contribution >= 0.6 is 0 Å². The average molecular weight is 294 g/mol. The molecule has 3 unspecified atom stereocenters. The first-order valence-corrected chi connectivity index (χ1v) is 8.60. The van der Waals surface area contributed by atoms with Gasteiger partial charge in [-0.3, -0.25) is 9.59 Å². The third-order valence-corrected chi connectivity index (χ3v) is 5.56. The van der Waals surface area contributed by atoms with E-state index in [1.54, 1.807) is 0 Å². The van der Waals surface area contributed by atoms with Crippen LogP contribution in [0.3, 0.4) is 0 Å². The molecular weight excluding hydrogens is 264 g/mol. The summed E-state index contributed by atoms with van der Waals surface area (Å²) in [6.45, 7) is 9.02. The van der Waals surface area contributed by atoms with Gasteiger partial charge in [0.25, 0.3) is 0 Å². The molecule has 0 aromatic rings. The lowest BCUT2D eigenvalue weighted by Crippen LogP contribution is -2.70. The third kappa shape index (κ3) is 2.95. The molecule has 4 nitrogen and oxygen atoms in total. The fourth-order valence-corrected chi connectivity index (χ4v) is 4.04. The second-order valence-corrected chi connectivity index (χ2v) is 6.94. The summed E-state index contributed by atoms with van der Waals surface area (Å²) in [7, 11) is 0. The Balaban J connectivity index is 2.20. The van der Waals surface area contributed by atoms with Crippen molar-refractivity contribution in [2.24, 2.45) is 11.8 Å². The average Bonchev–Trinajstić information content (AvgIpc) is 2.88. The summed E-state index contributed by atoms with van der Waals surface area (Å²) in [5, 5.41) is 3.01. The van der Waals surface area contributed by atoms with E-state index in [0.29, 0.717) is 25.2 Å². The van der Waals surface area contributed by atoms with Crippen molar-refractivity contribution >= 4 is 11.8 Å². The number of hydrogen-bond donors (Lipinski definition) is 1. The fourth-order valence-electron chi connectivity index (χ4n) is 4.04. The molecule has 2 rings (SSSR count). The van der Waals surface area contributed by atoms with Crippen molar-refractivity contribution in [1.82, 2.24) is 10.2 Å². The third-order valence-electron chi connectivity index (χ3n) is 5.56. The van der Waals surface area contributed by atoms with E-state index in [2.05, 4.69) is 12.2 Å². The topological polar surface area (TPSA) is 49.4 Å². The summed E-state index contributed by atoms with van der Waals surface area (Å²) in [4.78, 5) is 27.4. The maximum absolute atomic E-state index is 13.0. The van der Waals surface area contributed by atoms with Crippen LogP contribution in [-0.4, -0.2) is 34.8 Å². The van der Waals surface area contributed by atoms with Gasteiger partial charge in [0.05, 0.1) is 0 Å². The van der Waals surface area contributed by atoms with Crippen LogP contribution in [-0.2, 0) is 9.59 Å². The van der Waals surface area contributed by atoms with E-state index in [4.69, 9.17) is 0 Å². The molecule has 120 valence electrons. The van der Waals surface area contributed by atoms with E-state index in [0.717, 1.165) is 12.5 Å². The molecule has 1 aliphatic carbocycles. The van der Waals surface area contributed by atoms with Crippen molar-refractivity contribution < 1.29 is 9.59 Å². The smallest absolute Gasteiger partial charge is 0.248 e. The Morgan fingerprint density at radius 2 is 1.86 bits per heavy atom. The highest BCUT2D eigenvalue weighted by Gasteiger charge is 2.48. The summed E-state index contributed by atoms with van der Waals surface area (Å²) in [6.07, 6.45) is 5.66. The van der Waals surface area contributed by atoms with Gasteiger partial charge in [-0.2, -0.15) is 0 Å². The van der Waals surface area contributed by atoms with E-state index >= 15 is 0 Å². The number of nitrogens with one attached hydrogen (secondary N) is 1.